The van der Waals surface area contributed by atoms with Crippen LogP contribution in [0.25, 0.3) is 6.08 Å². The Morgan fingerprint density at radius 1 is 1.23 bits per heavy atom. The van der Waals surface area contributed by atoms with Crippen LogP contribution in [0.15, 0.2) is 48.0 Å². The second-order valence-electron chi connectivity index (χ2n) is 6.01. The van der Waals surface area contributed by atoms with Gasteiger partial charge in [0.25, 0.3) is 5.91 Å². The maximum atomic E-state index is 12.5. The first-order valence-corrected chi connectivity index (χ1v) is 8.28. The summed E-state index contributed by atoms with van der Waals surface area (Å²) < 4.78 is 11.0. The normalized spacial score (nSPS) is 11.0. The number of carbonyl (C=O) groups excluding carboxylic acids is 1. The van der Waals surface area contributed by atoms with Gasteiger partial charge in [0.2, 0.25) is 0 Å². The fourth-order valence-electron chi connectivity index (χ4n) is 2.32. The molecule has 2 rings (SSSR count). The van der Waals surface area contributed by atoms with E-state index in [1.165, 1.54) is 6.08 Å². The molecule has 5 nitrogen and oxygen atoms in total. The van der Waals surface area contributed by atoms with Gasteiger partial charge in [-0.1, -0.05) is 18.2 Å². The number of hydrogen-bond acceptors (Lipinski definition) is 4. The Kier molecular flexibility index (Phi) is 6.40. The molecule has 26 heavy (non-hydrogen) atoms. The number of carbonyl (C=O) groups is 1. The van der Waals surface area contributed by atoms with Crippen LogP contribution >= 0.6 is 0 Å². The van der Waals surface area contributed by atoms with Crippen LogP contribution in [0, 0.1) is 18.3 Å². The van der Waals surface area contributed by atoms with Gasteiger partial charge in [-0.2, -0.15) is 5.26 Å². The molecule has 0 aliphatic carbocycles. The lowest BCUT2D eigenvalue weighted by Crippen LogP contribution is -2.14. The van der Waals surface area contributed by atoms with Crippen molar-refractivity contribution in [1.82, 2.24) is 0 Å². The van der Waals surface area contributed by atoms with Crippen LogP contribution < -0.4 is 14.8 Å². The third-order valence-corrected chi connectivity index (χ3v) is 3.64. The number of ether oxygens (including phenoxy) is 2. The van der Waals surface area contributed by atoms with E-state index < -0.39 is 5.91 Å². The van der Waals surface area contributed by atoms with Crippen molar-refractivity contribution in [3.63, 3.8) is 0 Å². The van der Waals surface area contributed by atoms with Crippen molar-refractivity contribution in [3.8, 4) is 17.6 Å². The molecule has 0 aliphatic heterocycles. The van der Waals surface area contributed by atoms with Crippen molar-refractivity contribution in [2.75, 3.05) is 12.4 Å². The Hall–Kier alpha value is -3.26. The van der Waals surface area contributed by atoms with Gasteiger partial charge in [0.15, 0.2) is 0 Å². The summed E-state index contributed by atoms with van der Waals surface area (Å²) in [7, 11) is 1.57. The predicted octanol–water partition coefficient (Wildman–Crippen LogP) is 4.34. The minimum atomic E-state index is -0.465. The Bertz CT molecular complexity index is 864. The number of nitrogens with zero attached hydrogens (tertiary/aromatic N) is 1. The predicted molar refractivity (Wildman–Crippen MR) is 102 cm³/mol. The van der Waals surface area contributed by atoms with Crippen LogP contribution in [0.3, 0.4) is 0 Å². The lowest BCUT2D eigenvalue weighted by Gasteiger charge is -2.14. The molecule has 134 valence electrons. The molecule has 0 spiro atoms. The molecule has 2 aromatic carbocycles. The van der Waals surface area contributed by atoms with E-state index in [1.807, 2.05) is 45.0 Å². The third kappa shape index (κ3) is 4.87. The van der Waals surface area contributed by atoms with E-state index in [0.717, 1.165) is 5.56 Å². The molecule has 0 aliphatic rings. The number of nitriles is 1. The van der Waals surface area contributed by atoms with Gasteiger partial charge in [0.05, 0.1) is 13.2 Å². The van der Waals surface area contributed by atoms with E-state index in [0.29, 0.717) is 22.7 Å². The number of para-hydroxylation sites is 1. The molecule has 0 radical (unpaired) electrons. The van der Waals surface area contributed by atoms with Crippen molar-refractivity contribution in [2.45, 2.75) is 26.9 Å². The number of nitrogens with one attached hydrogen (secondary N) is 1. The number of benzene rings is 2. The van der Waals surface area contributed by atoms with E-state index in [-0.39, 0.29) is 11.7 Å². The summed E-state index contributed by atoms with van der Waals surface area (Å²) in [6, 6.07) is 14.6. The minimum Gasteiger partial charge on any atom is -0.497 e. The summed E-state index contributed by atoms with van der Waals surface area (Å²) in [6.45, 7) is 5.70. The summed E-state index contributed by atoms with van der Waals surface area (Å²) in [4.78, 5) is 12.5. The first-order chi connectivity index (χ1) is 12.4. The molecular formula is C21H22N2O3. The molecule has 0 atom stereocenters. The van der Waals surface area contributed by atoms with E-state index in [1.54, 1.807) is 31.4 Å². The Balaban J connectivity index is 2.34. The molecule has 0 bridgehead atoms. The zero-order chi connectivity index (χ0) is 19.1. The monoisotopic (exact) mass is 350 g/mol. The van der Waals surface area contributed by atoms with Gasteiger partial charge in [-0.05, 0) is 50.6 Å². The third-order valence-electron chi connectivity index (χ3n) is 3.64. The first-order valence-electron chi connectivity index (χ1n) is 8.28. The molecule has 0 heterocycles. The van der Waals surface area contributed by atoms with Crippen LogP contribution in [-0.2, 0) is 4.79 Å². The van der Waals surface area contributed by atoms with Gasteiger partial charge in [0, 0.05) is 17.3 Å². The quantitative estimate of drug-likeness (QED) is 0.621. The summed E-state index contributed by atoms with van der Waals surface area (Å²) >= 11 is 0. The average molecular weight is 350 g/mol. The van der Waals surface area contributed by atoms with Gasteiger partial charge in [-0.15, -0.1) is 0 Å². The van der Waals surface area contributed by atoms with Gasteiger partial charge < -0.3 is 14.8 Å². The highest BCUT2D eigenvalue weighted by Gasteiger charge is 2.13. The standard InChI is InChI=1S/C21H22N2O3/c1-14(2)26-20-12-18(25-4)10-9-16(20)11-17(13-22)21(24)23-19-8-6-5-7-15(19)3/h5-12,14H,1-4H3,(H,23,24)/b17-11+. The lowest BCUT2D eigenvalue weighted by atomic mass is 10.1. The first kappa shape index (κ1) is 19.1. The van der Waals surface area contributed by atoms with Gasteiger partial charge >= 0.3 is 0 Å². The lowest BCUT2D eigenvalue weighted by molar-refractivity contribution is -0.112. The zero-order valence-corrected chi connectivity index (χ0v) is 15.4. The van der Waals surface area contributed by atoms with Crippen molar-refractivity contribution < 1.29 is 14.3 Å². The summed E-state index contributed by atoms with van der Waals surface area (Å²) in [6.07, 6.45) is 1.46. The molecular weight excluding hydrogens is 328 g/mol. The zero-order valence-electron chi connectivity index (χ0n) is 15.4. The molecule has 0 saturated carbocycles. The molecule has 2 aromatic rings. The molecule has 0 fully saturated rings. The van der Waals surface area contributed by atoms with Gasteiger partial charge in [-0.25, -0.2) is 0 Å². The smallest absolute Gasteiger partial charge is 0.266 e. The summed E-state index contributed by atoms with van der Waals surface area (Å²) in [5.74, 6) is 0.726. The molecule has 1 amide bonds. The van der Waals surface area contributed by atoms with Crippen LogP contribution in [0.2, 0.25) is 0 Å². The number of amides is 1. The Morgan fingerprint density at radius 2 is 1.96 bits per heavy atom. The Morgan fingerprint density at radius 3 is 2.58 bits per heavy atom. The number of methoxy groups -OCH3 is 1. The number of hydrogen-bond donors (Lipinski definition) is 1. The molecule has 5 heteroatoms. The van der Waals surface area contributed by atoms with Crippen LogP contribution in [0.4, 0.5) is 5.69 Å². The van der Waals surface area contributed by atoms with Crippen LogP contribution in [0.1, 0.15) is 25.0 Å². The average Bonchev–Trinajstić information content (AvgIpc) is 2.61. The molecule has 1 N–H and O–H groups in total. The van der Waals surface area contributed by atoms with Crippen molar-refractivity contribution in [2.24, 2.45) is 0 Å². The highest BCUT2D eigenvalue weighted by Crippen LogP contribution is 2.28. The highest BCUT2D eigenvalue weighted by molar-refractivity contribution is 6.10. The second kappa shape index (κ2) is 8.72. The summed E-state index contributed by atoms with van der Waals surface area (Å²) in [5.41, 5.74) is 2.22. The SMILES string of the molecule is COc1ccc(/C=C(\C#N)C(=O)Nc2ccccc2C)c(OC(C)C)c1. The van der Waals surface area contributed by atoms with E-state index in [9.17, 15) is 10.1 Å². The summed E-state index contributed by atoms with van der Waals surface area (Å²) in [5, 5.41) is 12.2. The van der Waals surface area contributed by atoms with Crippen LogP contribution in [0.5, 0.6) is 11.5 Å². The Labute approximate surface area is 153 Å². The maximum absolute atomic E-state index is 12.5. The van der Waals surface area contributed by atoms with Crippen LogP contribution in [-0.4, -0.2) is 19.1 Å². The van der Waals surface area contributed by atoms with Crippen molar-refractivity contribution in [1.29, 1.82) is 5.26 Å². The highest BCUT2D eigenvalue weighted by atomic mass is 16.5. The van der Waals surface area contributed by atoms with Gasteiger partial charge in [0.1, 0.15) is 23.1 Å². The number of aryl methyl sites for hydroxylation is 1. The molecule has 0 unspecified atom stereocenters. The molecule has 0 saturated heterocycles. The largest absolute Gasteiger partial charge is 0.497 e. The van der Waals surface area contributed by atoms with Crippen molar-refractivity contribution in [3.05, 3.63) is 59.2 Å². The van der Waals surface area contributed by atoms with E-state index in [2.05, 4.69) is 5.32 Å². The fourth-order valence-corrected chi connectivity index (χ4v) is 2.32. The molecule has 0 aromatic heterocycles. The van der Waals surface area contributed by atoms with Gasteiger partial charge in [-0.3, -0.25) is 4.79 Å². The second-order valence-corrected chi connectivity index (χ2v) is 6.01. The number of rotatable bonds is 6. The topological polar surface area (TPSA) is 71.3 Å². The van der Waals surface area contributed by atoms with E-state index in [4.69, 9.17) is 9.47 Å². The fraction of sp³-hybridized carbons (Fsp3) is 0.238. The maximum Gasteiger partial charge on any atom is 0.266 e. The van der Waals surface area contributed by atoms with E-state index >= 15 is 0 Å². The van der Waals surface area contributed by atoms with Crippen molar-refractivity contribution >= 4 is 17.7 Å². The minimum absolute atomic E-state index is 0.00738. The number of anilines is 1.